The molecule has 0 saturated heterocycles. The summed E-state index contributed by atoms with van der Waals surface area (Å²) in [5.74, 6) is -0.617. The van der Waals surface area contributed by atoms with E-state index < -0.39 is 5.97 Å². The number of carbonyl (C=O) groups excluding carboxylic acids is 1. The molecule has 0 heterocycles. The molecule has 3 aromatic rings. The third-order valence-electron chi connectivity index (χ3n) is 4.04. The predicted molar refractivity (Wildman–Crippen MR) is 106 cm³/mol. The molecule has 2 nitrogen and oxygen atoms in total. The Bertz CT molecular complexity index is 856. The van der Waals surface area contributed by atoms with Gasteiger partial charge in [-0.05, 0) is 23.3 Å². The van der Waals surface area contributed by atoms with Gasteiger partial charge in [-0.3, -0.25) is 0 Å². The lowest BCUT2D eigenvalue weighted by atomic mass is 9.92. The van der Waals surface area contributed by atoms with Gasteiger partial charge < -0.3 is 4.74 Å². The van der Waals surface area contributed by atoms with E-state index in [1.54, 1.807) is 0 Å². The van der Waals surface area contributed by atoms with Crippen LogP contribution >= 0.6 is 34.8 Å². The van der Waals surface area contributed by atoms with Crippen LogP contribution in [0.15, 0.2) is 72.8 Å². The molecule has 132 valence electrons. The van der Waals surface area contributed by atoms with Crippen molar-refractivity contribution in [2.24, 2.45) is 0 Å². The standard InChI is InChI=1S/C21H15Cl3O2/c22-18-12-11-16(19(23)20(18)24)21(25)26-13-17(14-7-3-1-4-8-14)15-9-5-2-6-10-15/h1-12,17H,13H2. The van der Waals surface area contributed by atoms with E-state index >= 15 is 0 Å². The number of esters is 1. The molecular weight excluding hydrogens is 391 g/mol. The lowest BCUT2D eigenvalue weighted by molar-refractivity contribution is 0.0492. The van der Waals surface area contributed by atoms with Gasteiger partial charge >= 0.3 is 5.97 Å². The van der Waals surface area contributed by atoms with E-state index in [4.69, 9.17) is 39.5 Å². The number of ether oxygens (including phenoxy) is 1. The third kappa shape index (κ3) is 4.21. The quantitative estimate of drug-likeness (QED) is 0.351. The first kappa shape index (κ1) is 18.8. The molecule has 0 radical (unpaired) electrons. The van der Waals surface area contributed by atoms with E-state index in [1.165, 1.54) is 12.1 Å². The third-order valence-corrected chi connectivity index (χ3v) is 5.33. The van der Waals surface area contributed by atoms with Crippen LogP contribution in [0.1, 0.15) is 27.4 Å². The molecule has 0 aliphatic carbocycles. The van der Waals surface area contributed by atoms with Crippen molar-refractivity contribution in [3.63, 3.8) is 0 Å². The molecule has 5 heteroatoms. The van der Waals surface area contributed by atoms with Crippen LogP contribution in [-0.2, 0) is 4.74 Å². The topological polar surface area (TPSA) is 26.3 Å². The fourth-order valence-corrected chi connectivity index (χ4v) is 3.29. The van der Waals surface area contributed by atoms with E-state index in [0.717, 1.165) is 11.1 Å². The molecule has 0 N–H and O–H groups in total. The van der Waals surface area contributed by atoms with Gasteiger partial charge in [-0.15, -0.1) is 0 Å². The van der Waals surface area contributed by atoms with E-state index in [9.17, 15) is 4.79 Å². The van der Waals surface area contributed by atoms with Gasteiger partial charge in [0.25, 0.3) is 0 Å². The van der Waals surface area contributed by atoms with Crippen LogP contribution in [0.2, 0.25) is 15.1 Å². The second-order valence-corrected chi connectivity index (χ2v) is 6.86. The van der Waals surface area contributed by atoms with Crippen LogP contribution in [0.4, 0.5) is 0 Å². The molecule has 3 aromatic carbocycles. The van der Waals surface area contributed by atoms with Crippen LogP contribution in [0.5, 0.6) is 0 Å². The summed E-state index contributed by atoms with van der Waals surface area (Å²) < 4.78 is 5.55. The maximum Gasteiger partial charge on any atom is 0.339 e. The fourth-order valence-electron chi connectivity index (χ4n) is 2.68. The van der Waals surface area contributed by atoms with Gasteiger partial charge in [-0.25, -0.2) is 4.79 Å². The van der Waals surface area contributed by atoms with Crippen LogP contribution < -0.4 is 0 Å². The first-order valence-corrected chi connectivity index (χ1v) is 9.12. The Labute approximate surface area is 167 Å². The summed E-state index contributed by atoms with van der Waals surface area (Å²) in [4.78, 5) is 12.5. The highest BCUT2D eigenvalue weighted by Gasteiger charge is 2.20. The Morgan fingerprint density at radius 3 is 1.85 bits per heavy atom. The number of hydrogen-bond acceptors (Lipinski definition) is 2. The minimum absolute atomic E-state index is 0.0807. The average Bonchev–Trinajstić information content (AvgIpc) is 2.68. The van der Waals surface area contributed by atoms with Crippen LogP contribution in [-0.4, -0.2) is 12.6 Å². The summed E-state index contributed by atoms with van der Waals surface area (Å²) in [6, 6.07) is 22.8. The lowest BCUT2D eigenvalue weighted by Gasteiger charge is -2.18. The van der Waals surface area contributed by atoms with E-state index in [0.29, 0.717) is 5.02 Å². The van der Waals surface area contributed by atoms with E-state index in [1.807, 2.05) is 60.7 Å². The van der Waals surface area contributed by atoms with Gasteiger partial charge in [-0.1, -0.05) is 95.5 Å². The van der Waals surface area contributed by atoms with E-state index in [2.05, 4.69) is 0 Å². The second-order valence-electron chi connectivity index (χ2n) is 5.70. The smallest absolute Gasteiger partial charge is 0.339 e. The largest absolute Gasteiger partial charge is 0.461 e. The summed E-state index contributed by atoms with van der Waals surface area (Å²) in [6.45, 7) is 0.184. The molecule has 0 aliphatic rings. The lowest BCUT2D eigenvalue weighted by Crippen LogP contribution is -2.14. The molecule has 0 atom stereocenters. The minimum Gasteiger partial charge on any atom is -0.461 e. The number of carbonyl (C=O) groups is 1. The molecule has 0 fully saturated rings. The molecule has 0 spiro atoms. The van der Waals surface area contributed by atoms with Crippen molar-refractivity contribution < 1.29 is 9.53 Å². The molecule has 3 rings (SSSR count). The highest BCUT2D eigenvalue weighted by Crippen LogP contribution is 2.33. The second kappa shape index (κ2) is 8.59. The monoisotopic (exact) mass is 404 g/mol. The minimum atomic E-state index is -0.537. The van der Waals surface area contributed by atoms with Crippen LogP contribution in [0.25, 0.3) is 0 Å². The predicted octanol–water partition coefficient (Wildman–Crippen LogP) is 6.64. The number of hydrogen-bond donors (Lipinski definition) is 0. The zero-order valence-corrected chi connectivity index (χ0v) is 15.9. The van der Waals surface area contributed by atoms with Crippen molar-refractivity contribution in [3.05, 3.63) is 105 Å². The summed E-state index contributed by atoms with van der Waals surface area (Å²) in [7, 11) is 0. The first-order valence-electron chi connectivity index (χ1n) is 7.98. The SMILES string of the molecule is O=C(OCC(c1ccccc1)c1ccccc1)c1ccc(Cl)c(Cl)c1Cl. The maximum absolute atomic E-state index is 12.5. The van der Waals surface area contributed by atoms with Crippen LogP contribution in [0.3, 0.4) is 0 Å². The van der Waals surface area contributed by atoms with Gasteiger partial charge in [0.2, 0.25) is 0 Å². The van der Waals surface area contributed by atoms with E-state index in [-0.39, 0.29) is 28.1 Å². The number of benzene rings is 3. The van der Waals surface area contributed by atoms with Gasteiger partial charge in [-0.2, -0.15) is 0 Å². The average molecular weight is 406 g/mol. The van der Waals surface area contributed by atoms with Gasteiger partial charge in [0.1, 0.15) is 6.61 Å². The Kier molecular flexibility index (Phi) is 6.20. The summed E-state index contributed by atoms with van der Waals surface area (Å²) in [5, 5.41) is 0.533. The maximum atomic E-state index is 12.5. The van der Waals surface area contributed by atoms with Crippen molar-refractivity contribution in [3.8, 4) is 0 Å². The molecule has 0 unspecified atom stereocenters. The number of rotatable bonds is 5. The molecule has 0 amide bonds. The van der Waals surface area contributed by atoms with Crippen LogP contribution in [0, 0.1) is 0 Å². The molecule has 0 saturated carbocycles. The highest BCUT2D eigenvalue weighted by atomic mass is 35.5. The molecule has 0 bridgehead atoms. The molecule has 0 aliphatic heterocycles. The van der Waals surface area contributed by atoms with Gasteiger partial charge in [0, 0.05) is 5.92 Å². The molecule has 0 aromatic heterocycles. The zero-order chi connectivity index (χ0) is 18.5. The molecular formula is C21H15Cl3O2. The Balaban J connectivity index is 1.83. The van der Waals surface area contributed by atoms with Gasteiger partial charge in [0.05, 0.1) is 20.6 Å². The summed E-state index contributed by atoms with van der Waals surface area (Å²) in [5.41, 5.74) is 2.32. The molecule has 26 heavy (non-hydrogen) atoms. The Morgan fingerprint density at radius 1 is 0.769 bits per heavy atom. The normalized spacial score (nSPS) is 10.8. The van der Waals surface area contributed by atoms with Gasteiger partial charge in [0.15, 0.2) is 0 Å². The van der Waals surface area contributed by atoms with Crippen molar-refractivity contribution in [1.29, 1.82) is 0 Å². The zero-order valence-electron chi connectivity index (χ0n) is 13.7. The van der Waals surface area contributed by atoms with Crippen molar-refractivity contribution in [1.82, 2.24) is 0 Å². The first-order chi connectivity index (χ1) is 12.6. The Morgan fingerprint density at radius 2 is 1.31 bits per heavy atom. The van der Waals surface area contributed by atoms with Crippen molar-refractivity contribution in [2.75, 3.05) is 6.61 Å². The highest BCUT2D eigenvalue weighted by molar-refractivity contribution is 6.49. The van der Waals surface area contributed by atoms with Crippen molar-refractivity contribution >= 4 is 40.8 Å². The number of halogens is 3. The summed E-state index contributed by atoms with van der Waals surface area (Å²) in [6.07, 6.45) is 0. The van der Waals surface area contributed by atoms with Crippen molar-refractivity contribution in [2.45, 2.75) is 5.92 Å². The fraction of sp³-hybridized carbons (Fsp3) is 0.0952. The summed E-state index contributed by atoms with van der Waals surface area (Å²) >= 11 is 18.0. The Hall–Kier alpha value is -2.00.